The second kappa shape index (κ2) is 6.21. The number of carbonyl (C=O) groups excluding carboxylic acids is 2. The molecule has 0 aliphatic carbocycles. The molecule has 0 unspecified atom stereocenters. The molecule has 6 nitrogen and oxygen atoms in total. The summed E-state index contributed by atoms with van der Waals surface area (Å²) in [5.41, 5.74) is 2.03. The van der Waals surface area contributed by atoms with Crippen LogP contribution in [0.4, 0.5) is 0 Å². The molecule has 0 saturated heterocycles. The summed E-state index contributed by atoms with van der Waals surface area (Å²) in [4.78, 5) is 38.3. The van der Waals surface area contributed by atoms with Crippen molar-refractivity contribution in [1.82, 2.24) is 9.55 Å². The number of esters is 1. The zero-order valence-electron chi connectivity index (χ0n) is 12.4. The van der Waals surface area contributed by atoms with Crippen LogP contribution < -0.4 is 4.87 Å². The Bertz CT molecular complexity index is 935. The molecule has 0 bridgehead atoms. The predicted octanol–water partition coefficient (Wildman–Crippen LogP) is 2.13. The average Bonchev–Trinajstić information content (AvgIpc) is 3.11. The van der Waals surface area contributed by atoms with E-state index >= 15 is 0 Å². The number of aromatic amines is 1. The molecule has 0 radical (unpaired) electrons. The van der Waals surface area contributed by atoms with Crippen molar-refractivity contribution in [2.75, 3.05) is 6.61 Å². The second-order valence-corrected chi connectivity index (χ2v) is 5.88. The van der Waals surface area contributed by atoms with E-state index in [2.05, 4.69) is 4.98 Å². The first kappa shape index (κ1) is 15.2. The number of aromatic nitrogens is 2. The number of thiazole rings is 1. The topological polar surface area (TPSA) is 81.2 Å². The lowest BCUT2D eigenvalue weighted by atomic mass is 10.1. The van der Waals surface area contributed by atoms with Gasteiger partial charge < -0.3 is 9.72 Å². The summed E-state index contributed by atoms with van der Waals surface area (Å²) >= 11 is 1.03. The molecule has 23 heavy (non-hydrogen) atoms. The van der Waals surface area contributed by atoms with Crippen LogP contribution in [0.3, 0.4) is 0 Å². The quantitative estimate of drug-likeness (QED) is 0.574. The Morgan fingerprint density at radius 3 is 2.83 bits per heavy atom. The molecule has 0 aliphatic heterocycles. The van der Waals surface area contributed by atoms with Crippen LogP contribution in [-0.4, -0.2) is 27.9 Å². The number of Topliss-reactive ketones (excluding diaryl/α,β-unsaturated/α-hetero) is 1. The number of H-pyrrole nitrogens is 1. The number of carbonyl (C=O) groups is 2. The first-order chi connectivity index (χ1) is 11.1. The third-order valence-electron chi connectivity index (χ3n) is 3.52. The summed E-state index contributed by atoms with van der Waals surface area (Å²) in [5.74, 6) is -0.896. The molecule has 0 amide bonds. The van der Waals surface area contributed by atoms with Crippen LogP contribution >= 0.6 is 11.3 Å². The van der Waals surface area contributed by atoms with Crippen LogP contribution in [0, 0.1) is 6.92 Å². The van der Waals surface area contributed by atoms with E-state index in [-0.39, 0.29) is 23.8 Å². The Morgan fingerprint density at radius 1 is 1.30 bits per heavy atom. The van der Waals surface area contributed by atoms with Crippen molar-refractivity contribution in [2.45, 2.75) is 13.5 Å². The summed E-state index contributed by atoms with van der Waals surface area (Å²) in [6.45, 7) is 1.20. The zero-order valence-corrected chi connectivity index (χ0v) is 13.2. The fraction of sp³-hybridized carbons (Fsp3) is 0.188. The molecule has 1 N–H and O–H groups in total. The van der Waals surface area contributed by atoms with E-state index in [9.17, 15) is 14.4 Å². The largest absolute Gasteiger partial charge is 0.456 e. The number of fused-ring (bicyclic) bond motifs is 1. The number of ketones is 1. The maximum absolute atomic E-state index is 12.2. The Hall–Kier alpha value is -2.67. The third kappa shape index (κ3) is 3.09. The molecular weight excluding hydrogens is 316 g/mol. The molecule has 118 valence electrons. The normalized spacial score (nSPS) is 10.8. The van der Waals surface area contributed by atoms with Gasteiger partial charge in [0.05, 0.1) is 0 Å². The Labute approximate surface area is 135 Å². The molecule has 0 atom stereocenters. The van der Waals surface area contributed by atoms with E-state index in [0.717, 1.165) is 22.2 Å². The zero-order chi connectivity index (χ0) is 16.4. The van der Waals surface area contributed by atoms with Gasteiger partial charge in [-0.05, 0) is 13.0 Å². The molecule has 2 aromatic heterocycles. The number of nitrogens with zero attached hydrogens (tertiary/aromatic N) is 1. The number of nitrogens with one attached hydrogen (secondary N) is 1. The van der Waals surface area contributed by atoms with Crippen LogP contribution in [0.2, 0.25) is 0 Å². The molecule has 1 aromatic carbocycles. The highest BCUT2D eigenvalue weighted by atomic mass is 32.1. The van der Waals surface area contributed by atoms with Crippen molar-refractivity contribution in [2.24, 2.45) is 0 Å². The maximum atomic E-state index is 12.2. The monoisotopic (exact) mass is 330 g/mol. The Balaban J connectivity index is 1.65. The number of hydrogen-bond donors (Lipinski definition) is 1. The number of para-hydroxylation sites is 1. The van der Waals surface area contributed by atoms with Crippen LogP contribution in [-0.2, 0) is 16.1 Å². The lowest BCUT2D eigenvalue weighted by Crippen LogP contribution is -2.24. The maximum Gasteiger partial charge on any atom is 0.326 e. The average molecular weight is 330 g/mol. The van der Waals surface area contributed by atoms with Crippen molar-refractivity contribution < 1.29 is 14.3 Å². The van der Waals surface area contributed by atoms with Gasteiger partial charge in [0.25, 0.3) is 0 Å². The van der Waals surface area contributed by atoms with Gasteiger partial charge in [-0.25, -0.2) is 0 Å². The van der Waals surface area contributed by atoms with Crippen LogP contribution in [0.15, 0.2) is 40.6 Å². The minimum atomic E-state index is -0.609. The summed E-state index contributed by atoms with van der Waals surface area (Å²) < 4.78 is 6.32. The van der Waals surface area contributed by atoms with Gasteiger partial charge in [-0.2, -0.15) is 0 Å². The first-order valence-corrected chi connectivity index (χ1v) is 7.84. The summed E-state index contributed by atoms with van der Waals surface area (Å²) in [5, 5.41) is 2.46. The van der Waals surface area contributed by atoms with Gasteiger partial charge in [0.2, 0.25) is 5.78 Å². The minimum Gasteiger partial charge on any atom is -0.456 e. The van der Waals surface area contributed by atoms with Crippen molar-refractivity contribution >= 4 is 34.0 Å². The first-order valence-electron chi connectivity index (χ1n) is 6.96. The van der Waals surface area contributed by atoms with Gasteiger partial charge in [-0.15, -0.1) is 0 Å². The highest BCUT2D eigenvalue weighted by Crippen LogP contribution is 2.18. The summed E-state index contributed by atoms with van der Waals surface area (Å²) in [6.07, 6.45) is 1.61. The molecule has 0 saturated carbocycles. The van der Waals surface area contributed by atoms with Crippen molar-refractivity contribution in [3.8, 4) is 0 Å². The van der Waals surface area contributed by atoms with Crippen LogP contribution in [0.5, 0.6) is 0 Å². The molecule has 2 heterocycles. The van der Waals surface area contributed by atoms with E-state index in [0.29, 0.717) is 11.3 Å². The Morgan fingerprint density at radius 2 is 2.09 bits per heavy atom. The lowest BCUT2D eigenvalue weighted by Gasteiger charge is -2.05. The van der Waals surface area contributed by atoms with Crippen LogP contribution in [0.1, 0.15) is 16.1 Å². The van der Waals surface area contributed by atoms with E-state index < -0.39 is 5.97 Å². The van der Waals surface area contributed by atoms with E-state index in [4.69, 9.17) is 4.74 Å². The van der Waals surface area contributed by atoms with Crippen molar-refractivity contribution in [3.63, 3.8) is 0 Å². The highest BCUT2D eigenvalue weighted by Gasteiger charge is 2.15. The lowest BCUT2D eigenvalue weighted by molar-refractivity contribution is -0.143. The van der Waals surface area contributed by atoms with Gasteiger partial charge in [0.1, 0.15) is 6.54 Å². The molecule has 3 aromatic rings. The number of ether oxygens (including phenoxy) is 1. The predicted molar refractivity (Wildman–Crippen MR) is 86.9 cm³/mol. The molecule has 7 heteroatoms. The smallest absolute Gasteiger partial charge is 0.326 e. The summed E-state index contributed by atoms with van der Waals surface area (Å²) in [6, 6.07) is 7.40. The number of aryl methyl sites for hydroxylation is 1. The van der Waals surface area contributed by atoms with Crippen molar-refractivity contribution in [3.05, 3.63) is 56.8 Å². The van der Waals surface area contributed by atoms with E-state index in [1.165, 1.54) is 4.57 Å². The van der Waals surface area contributed by atoms with E-state index in [1.54, 1.807) is 18.5 Å². The molecule has 0 fully saturated rings. The minimum absolute atomic E-state index is 0.185. The van der Waals surface area contributed by atoms with Gasteiger partial charge in [0, 0.05) is 33.7 Å². The number of rotatable bonds is 5. The SMILES string of the molecule is Cc1csc(=O)n1CC(=O)OCC(=O)c1c[nH]c2ccccc12. The van der Waals surface area contributed by atoms with Gasteiger partial charge in [0.15, 0.2) is 6.61 Å². The van der Waals surface area contributed by atoms with Gasteiger partial charge in [-0.3, -0.25) is 19.0 Å². The Kier molecular flexibility index (Phi) is 4.12. The fourth-order valence-electron chi connectivity index (χ4n) is 2.30. The second-order valence-electron chi connectivity index (χ2n) is 5.06. The molecule has 3 rings (SSSR count). The van der Waals surface area contributed by atoms with Crippen molar-refractivity contribution in [1.29, 1.82) is 0 Å². The highest BCUT2D eigenvalue weighted by molar-refractivity contribution is 7.07. The number of benzene rings is 1. The fourth-order valence-corrected chi connectivity index (χ4v) is 3.03. The number of hydrogen-bond acceptors (Lipinski definition) is 5. The molecular formula is C16H14N2O4S. The van der Waals surface area contributed by atoms with Gasteiger partial charge in [-0.1, -0.05) is 29.5 Å². The van der Waals surface area contributed by atoms with E-state index in [1.807, 2.05) is 24.3 Å². The van der Waals surface area contributed by atoms with Crippen LogP contribution in [0.25, 0.3) is 10.9 Å². The third-order valence-corrected chi connectivity index (χ3v) is 4.40. The molecule has 0 spiro atoms. The molecule has 0 aliphatic rings. The van der Waals surface area contributed by atoms with Gasteiger partial charge >= 0.3 is 10.8 Å². The summed E-state index contributed by atoms with van der Waals surface area (Å²) in [7, 11) is 0. The standard InChI is InChI=1S/C16H14N2O4S/c1-10-9-23-16(21)18(10)7-15(20)22-8-14(19)12-6-17-13-5-3-2-4-11(12)13/h2-6,9,17H,7-8H2,1H3.